The van der Waals surface area contributed by atoms with Crippen LogP contribution in [-0.2, 0) is 14.3 Å². The Morgan fingerprint density at radius 1 is 0.431 bits per heavy atom. The van der Waals surface area contributed by atoms with Crippen molar-refractivity contribution in [2.24, 2.45) is 0 Å². The third-order valence-corrected chi connectivity index (χ3v) is 13.2. The molecule has 1 amide bonds. The van der Waals surface area contributed by atoms with Gasteiger partial charge in [-0.2, -0.15) is 0 Å². The topological polar surface area (TPSA) is 95.9 Å². The maximum absolute atomic E-state index is 12.4. The molecule has 3 N–H and O–H groups in total. The van der Waals surface area contributed by atoms with Crippen LogP contribution in [0.25, 0.3) is 0 Å². The lowest BCUT2D eigenvalue weighted by atomic mass is 10.0. The van der Waals surface area contributed by atoms with E-state index in [0.29, 0.717) is 32.3 Å². The van der Waals surface area contributed by atoms with E-state index in [9.17, 15) is 19.8 Å². The van der Waals surface area contributed by atoms with Crippen LogP contribution in [0.5, 0.6) is 0 Å². The summed E-state index contributed by atoms with van der Waals surface area (Å²) < 4.78 is 5.46. The molecule has 0 saturated carbocycles. The molecule has 382 valence electrons. The molecule has 0 aliphatic heterocycles. The number of unbranched alkanes of at least 4 members (excludes halogenated alkanes) is 36. The SMILES string of the molecule is CCCCCCCCC/C=C\CCCCCCCC(=O)OCCCCCCCC/C=C\C/C=C\CCC(=O)NC(CO)C(O)CCCCCCCCCCCCCCCCCCCCC. The van der Waals surface area contributed by atoms with Crippen molar-refractivity contribution in [1.82, 2.24) is 5.32 Å². The van der Waals surface area contributed by atoms with Crippen molar-refractivity contribution < 1.29 is 24.5 Å². The van der Waals surface area contributed by atoms with Crippen molar-refractivity contribution >= 4 is 11.9 Å². The standard InChI is InChI=1S/C59H111NO5/c1-3-5-7-9-11-13-15-17-19-21-22-23-24-27-31-35-39-43-47-51-57(62)56(55-61)60-58(63)52-48-44-40-36-32-28-26-30-34-38-42-46-50-54-65-59(64)53-49-45-41-37-33-29-25-20-18-16-14-12-10-8-6-4-2/h20,25,28,32,40,44,56-57,61-62H,3-19,21-24,26-27,29-31,33-39,41-43,45-55H2,1-2H3,(H,60,63)/b25-20-,32-28-,44-40-. The Bertz CT molecular complexity index is 1060. The fourth-order valence-corrected chi connectivity index (χ4v) is 8.74. The quantitative estimate of drug-likeness (QED) is 0.0321. The number of hydrogen-bond donors (Lipinski definition) is 3. The lowest BCUT2D eigenvalue weighted by Crippen LogP contribution is -2.45. The molecule has 0 aromatic heterocycles. The predicted octanol–water partition coefficient (Wildman–Crippen LogP) is 17.6. The van der Waals surface area contributed by atoms with E-state index in [1.165, 1.54) is 212 Å². The van der Waals surface area contributed by atoms with E-state index < -0.39 is 12.1 Å². The summed E-state index contributed by atoms with van der Waals surface area (Å²) in [6, 6.07) is -0.587. The fraction of sp³-hybridized carbons (Fsp3) is 0.864. The highest BCUT2D eigenvalue weighted by Gasteiger charge is 2.19. The fourth-order valence-electron chi connectivity index (χ4n) is 8.74. The highest BCUT2D eigenvalue weighted by atomic mass is 16.5. The largest absolute Gasteiger partial charge is 0.466 e. The van der Waals surface area contributed by atoms with Gasteiger partial charge in [0.15, 0.2) is 0 Å². The van der Waals surface area contributed by atoms with E-state index in [2.05, 4.69) is 49.5 Å². The Hall–Kier alpha value is -1.92. The number of amides is 1. The van der Waals surface area contributed by atoms with Gasteiger partial charge in [-0.25, -0.2) is 0 Å². The second-order valence-corrected chi connectivity index (χ2v) is 19.6. The van der Waals surface area contributed by atoms with Gasteiger partial charge in [-0.05, 0) is 70.6 Å². The molecule has 0 spiro atoms. The van der Waals surface area contributed by atoms with E-state index in [1.807, 2.05) is 6.08 Å². The molecule has 0 radical (unpaired) electrons. The van der Waals surface area contributed by atoms with E-state index in [0.717, 1.165) is 51.4 Å². The molecule has 0 saturated heterocycles. The van der Waals surface area contributed by atoms with Gasteiger partial charge in [0.05, 0.1) is 25.4 Å². The average Bonchev–Trinajstić information content (AvgIpc) is 3.31. The second kappa shape index (κ2) is 54.7. The van der Waals surface area contributed by atoms with E-state index in [1.54, 1.807) is 0 Å². The third-order valence-electron chi connectivity index (χ3n) is 13.2. The number of aliphatic hydroxyl groups excluding tert-OH is 2. The first kappa shape index (κ1) is 63.1. The van der Waals surface area contributed by atoms with Crippen LogP contribution in [0.2, 0.25) is 0 Å². The van der Waals surface area contributed by atoms with Gasteiger partial charge in [0, 0.05) is 12.8 Å². The van der Waals surface area contributed by atoms with Crippen LogP contribution in [0.3, 0.4) is 0 Å². The van der Waals surface area contributed by atoms with Crippen molar-refractivity contribution in [2.75, 3.05) is 13.2 Å². The Kier molecular flexibility index (Phi) is 53.1. The molecule has 0 heterocycles. The minimum Gasteiger partial charge on any atom is -0.466 e. The number of rotatable bonds is 53. The zero-order valence-corrected chi connectivity index (χ0v) is 43.5. The summed E-state index contributed by atoms with van der Waals surface area (Å²) in [7, 11) is 0. The molecule has 6 heteroatoms. The molecular formula is C59H111NO5. The Morgan fingerprint density at radius 3 is 1.22 bits per heavy atom. The number of hydrogen-bond acceptors (Lipinski definition) is 5. The van der Waals surface area contributed by atoms with Gasteiger partial charge in [-0.15, -0.1) is 0 Å². The number of esters is 1. The Labute approximate surface area is 404 Å². The van der Waals surface area contributed by atoms with Crippen LogP contribution in [0.1, 0.15) is 303 Å². The van der Waals surface area contributed by atoms with Crippen LogP contribution < -0.4 is 5.32 Å². The molecule has 0 rings (SSSR count). The summed E-state index contributed by atoms with van der Waals surface area (Å²) in [5.41, 5.74) is 0. The minimum absolute atomic E-state index is 0.0242. The van der Waals surface area contributed by atoms with Crippen LogP contribution in [-0.4, -0.2) is 47.4 Å². The summed E-state index contributed by atoms with van der Waals surface area (Å²) in [4.78, 5) is 24.5. The minimum atomic E-state index is -0.700. The van der Waals surface area contributed by atoms with E-state index >= 15 is 0 Å². The van der Waals surface area contributed by atoms with Gasteiger partial charge in [0.1, 0.15) is 0 Å². The third kappa shape index (κ3) is 51.3. The molecule has 2 atom stereocenters. The van der Waals surface area contributed by atoms with Crippen LogP contribution in [0.15, 0.2) is 36.5 Å². The van der Waals surface area contributed by atoms with Crippen LogP contribution >= 0.6 is 0 Å². The van der Waals surface area contributed by atoms with Gasteiger partial charge in [-0.3, -0.25) is 9.59 Å². The van der Waals surface area contributed by atoms with Crippen molar-refractivity contribution in [3.05, 3.63) is 36.5 Å². The maximum atomic E-state index is 12.4. The molecule has 0 aliphatic carbocycles. The maximum Gasteiger partial charge on any atom is 0.305 e. The summed E-state index contributed by atoms with van der Waals surface area (Å²) in [6.07, 6.45) is 67.1. The normalized spacial score (nSPS) is 12.9. The summed E-state index contributed by atoms with van der Waals surface area (Å²) in [5.74, 6) is -0.138. The molecule has 65 heavy (non-hydrogen) atoms. The molecule has 0 aromatic rings. The molecule has 0 fully saturated rings. The summed E-state index contributed by atoms with van der Waals surface area (Å²) in [5, 5.41) is 23.2. The van der Waals surface area contributed by atoms with Crippen molar-refractivity contribution in [3.8, 4) is 0 Å². The van der Waals surface area contributed by atoms with Gasteiger partial charge < -0.3 is 20.3 Å². The first-order valence-electron chi connectivity index (χ1n) is 28.7. The van der Waals surface area contributed by atoms with E-state index in [-0.39, 0.29) is 18.5 Å². The van der Waals surface area contributed by atoms with Crippen LogP contribution in [0.4, 0.5) is 0 Å². The monoisotopic (exact) mass is 914 g/mol. The second-order valence-electron chi connectivity index (χ2n) is 19.6. The van der Waals surface area contributed by atoms with Crippen LogP contribution in [0, 0.1) is 0 Å². The highest BCUT2D eigenvalue weighted by Crippen LogP contribution is 2.17. The van der Waals surface area contributed by atoms with Crippen molar-refractivity contribution in [1.29, 1.82) is 0 Å². The van der Waals surface area contributed by atoms with E-state index in [4.69, 9.17) is 4.74 Å². The molecular weight excluding hydrogens is 803 g/mol. The highest BCUT2D eigenvalue weighted by molar-refractivity contribution is 5.76. The van der Waals surface area contributed by atoms with Gasteiger partial charge >= 0.3 is 5.97 Å². The lowest BCUT2D eigenvalue weighted by Gasteiger charge is -2.22. The molecule has 0 aliphatic rings. The van der Waals surface area contributed by atoms with Gasteiger partial charge in [0.2, 0.25) is 5.91 Å². The van der Waals surface area contributed by atoms with Gasteiger partial charge in [0.25, 0.3) is 0 Å². The predicted molar refractivity (Wildman–Crippen MR) is 283 cm³/mol. The Balaban J connectivity index is 3.54. The average molecular weight is 915 g/mol. The number of nitrogens with one attached hydrogen (secondary N) is 1. The molecule has 2 unspecified atom stereocenters. The molecule has 0 bridgehead atoms. The first-order chi connectivity index (χ1) is 32.0. The van der Waals surface area contributed by atoms with Crippen molar-refractivity contribution in [3.63, 3.8) is 0 Å². The molecule has 0 aromatic carbocycles. The van der Waals surface area contributed by atoms with Gasteiger partial charge in [-0.1, -0.05) is 256 Å². The zero-order valence-electron chi connectivity index (χ0n) is 43.5. The number of carbonyl (C=O) groups excluding carboxylic acids is 2. The Morgan fingerprint density at radius 2 is 0.785 bits per heavy atom. The number of ether oxygens (including phenoxy) is 1. The zero-order chi connectivity index (χ0) is 47.2. The first-order valence-corrected chi connectivity index (χ1v) is 28.7. The summed E-state index contributed by atoms with van der Waals surface area (Å²) >= 11 is 0. The smallest absolute Gasteiger partial charge is 0.305 e. The summed E-state index contributed by atoms with van der Waals surface area (Å²) in [6.45, 7) is 4.89. The van der Waals surface area contributed by atoms with Crippen molar-refractivity contribution in [2.45, 2.75) is 315 Å². The number of carbonyl (C=O) groups is 2. The lowest BCUT2D eigenvalue weighted by molar-refractivity contribution is -0.143. The molecule has 6 nitrogen and oxygen atoms in total. The number of aliphatic hydroxyl groups is 2. The number of allylic oxidation sites excluding steroid dienone is 6.